The Kier molecular flexibility index (Phi) is 15.3. The first-order valence-electron chi connectivity index (χ1n) is 10.7. The third-order valence-corrected chi connectivity index (χ3v) is 22.2. The Morgan fingerprint density at radius 2 is 1.04 bits per heavy atom. The second kappa shape index (κ2) is 15.1. The second-order valence-electron chi connectivity index (χ2n) is 9.24. The Morgan fingerprint density at radius 1 is 0.593 bits per heavy atom. The van der Waals surface area contributed by atoms with Gasteiger partial charge in [0.15, 0.2) is 7.83 Å². The summed E-state index contributed by atoms with van der Waals surface area (Å²) in [4.78, 5) is 4.32. The molecule has 5 nitrogen and oxygen atoms in total. The van der Waals surface area contributed by atoms with Gasteiger partial charge in [-0.05, 0) is 60.5 Å². The molecule has 0 aliphatic rings. The van der Waals surface area contributed by atoms with Crippen molar-refractivity contribution in [2.45, 2.75) is 57.9 Å². The van der Waals surface area contributed by atoms with Gasteiger partial charge in [-0.3, -0.25) is 0 Å². The lowest BCUT2D eigenvalue weighted by molar-refractivity contribution is 0.111. The zero-order valence-electron chi connectivity index (χ0n) is 19.6. The molecule has 0 bridgehead atoms. The highest BCUT2D eigenvalue weighted by Gasteiger charge is 2.42. The van der Waals surface area contributed by atoms with E-state index in [1.807, 2.05) is 0 Å². The van der Waals surface area contributed by atoms with Crippen molar-refractivity contribution < 1.29 is 13.9 Å². The highest BCUT2D eigenvalue weighted by molar-refractivity contribution is 7.38. The molecule has 7 heteroatoms. The molecule has 164 valence electrons. The van der Waals surface area contributed by atoms with Crippen molar-refractivity contribution >= 4 is 15.4 Å². The third-order valence-electron chi connectivity index (χ3n) is 5.48. The van der Waals surface area contributed by atoms with Crippen LogP contribution in [-0.2, 0) is 13.9 Å². The van der Waals surface area contributed by atoms with Crippen LogP contribution in [-0.4, -0.2) is 99.5 Å². The summed E-state index contributed by atoms with van der Waals surface area (Å²) in [7, 11) is 5.46. The van der Waals surface area contributed by atoms with Crippen LogP contribution in [0.3, 0.4) is 0 Å². The lowest BCUT2D eigenvalue weighted by atomic mass is 10.3. The first kappa shape index (κ1) is 27.2. The summed E-state index contributed by atoms with van der Waals surface area (Å²) in [6, 6.07) is 1.36. The van der Waals surface area contributed by atoms with Gasteiger partial charge in [-0.15, -0.1) is 0 Å². The Bertz CT molecular complexity index is 354. The van der Waals surface area contributed by atoms with Crippen molar-refractivity contribution in [3.05, 3.63) is 0 Å². The molecular formula is C20H48N2O3Si2. The van der Waals surface area contributed by atoms with Gasteiger partial charge in [0.05, 0.1) is 20.8 Å². The van der Waals surface area contributed by atoms with E-state index in [2.05, 4.69) is 64.2 Å². The van der Waals surface area contributed by atoms with Gasteiger partial charge in [-0.2, -0.15) is 0 Å². The molecule has 0 fully saturated rings. The first-order chi connectivity index (χ1) is 12.6. The predicted molar refractivity (Wildman–Crippen MR) is 123 cm³/mol. The van der Waals surface area contributed by atoms with E-state index in [0.717, 1.165) is 59.0 Å². The monoisotopic (exact) mass is 420 g/mol. The van der Waals surface area contributed by atoms with Gasteiger partial charge in [0.1, 0.15) is 0 Å². The molecule has 0 amide bonds. The van der Waals surface area contributed by atoms with E-state index >= 15 is 0 Å². The summed E-state index contributed by atoms with van der Waals surface area (Å²) < 4.78 is 17.8. The average Bonchev–Trinajstić information content (AvgIpc) is 2.55. The molecule has 0 N–H and O–H groups in total. The highest BCUT2D eigenvalue weighted by atomic mass is 29.3. The maximum atomic E-state index is 6.46. The quantitative estimate of drug-likeness (QED) is 0.249. The molecule has 0 aromatic carbocycles. The molecule has 0 radical (unpaired) electrons. The van der Waals surface area contributed by atoms with Crippen molar-refractivity contribution in [2.75, 3.05) is 74.3 Å². The zero-order chi connectivity index (χ0) is 20.8. The van der Waals surface area contributed by atoms with Crippen LogP contribution in [0.25, 0.3) is 0 Å². The highest BCUT2D eigenvalue weighted by Crippen LogP contribution is 2.26. The number of unbranched alkanes of at least 4 members (excludes halogenated alkanes) is 2. The van der Waals surface area contributed by atoms with Gasteiger partial charge in [0.25, 0.3) is 0 Å². The van der Waals surface area contributed by atoms with Crippen LogP contribution in [0.4, 0.5) is 0 Å². The van der Waals surface area contributed by atoms with Crippen LogP contribution in [0.5, 0.6) is 0 Å². The minimum atomic E-state index is -1.57. The molecule has 0 saturated carbocycles. The molecule has 0 aromatic rings. The molecule has 27 heavy (non-hydrogen) atoms. The molecule has 0 saturated heterocycles. The van der Waals surface area contributed by atoms with E-state index < -0.39 is 15.4 Å². The summed E-state index contributed by atoms with van der Waals surface area (Å²) in [5.41, 5.74) is 0. The minimum Gasteiger partial charge on any atom is -0.420 e. The van der Waals surface area contributed by atoms with E-state index in [9.17, 15) is 0 Å². The maximum Gasteiger partial charge on any atom is 0.173 e. The standard InChI is InChI=1S/C20H48N2O3Si2/c1-21(2)13-18-23-15-9-10-17-25-27(7,8)26(5,6)20-12-11-16-24-19-14-22(3)4/h9-20H2,1-8H3. The molecule has 0 aliphatic carbocycles. The molecule has 0 rings (SSSR count). The first-order valence-corrected chi connectivity index (χ1v) is 17.8. The van der Waals surface area contributed by atoms with E-state index in [1.165, 1.54) is 18.9 Å². The number of ether oxygens (including phenoxy) is 2. The van der Waals surface area contributed by atoms with E-state index in [4.69, 9.17) is 13.9 Å². The fourth-order valence-corrected chi connectivity index (χ4v) is 9.20. The fraction of sp³-hybridized carbons (Fsp3) is 1.00. The maximum absolute atomic E-state index is 6.46. The van der Waals surface area contributed by atoms with Gasteiger partial charge >= 0.3 is 0 Å². The largest absolute Gasteiger partial charge is 0.420 e. The lowest BCUT2D eigenvalue weighted by Crippen LogP contribution is -2.57. The predicted octanol–water partition coefficient (Wildman–Crippen LogP) is 3.71. The van der Waals surface area contributed by atoms with Gasteiger partial charge in [-0.25, -0.2) is 0 Å². The summed E-state index contributed by atoms with van der Waals surface area (Å²) in [6.45, 7) is 16.2. The topological polar surface area (TPSA) is 34.2 Å². The Morgan fingerprint density at radius 3 is 1.52 bits per heavy atom. The van der Waals surface area contributed by atoms with E-state index in [1.54, 1.807) is 0 Å². The molecular weight excluding hydrogens is 372 g/mol. The van der Waals surface area contributed by atoms with Crippen molar-refractivity contribution in [3.8, 4) is 0 Å². The molecule has 0 atom stereocenters. The molecule has 0 aliphatic heterocycles. The average molecular weight is 421 g/mol. The van der Waals surface area contributed by atoms with Crippen LogP contribution in [0.2, 0.25) is 32.2 Å². The smallest absolute Gasteiger partial charge is 0.173 e. The Balaban J connectivity index is 3.80. The zero-order valence-corrected chi connectivity index (χ0v) is 21.6. The van der Waals surface area contributed by atoms with E-state index in [-0.39, 0.29) is 0 Å². The number of hydrogen-bond donors (Lipinski definition) is 0. The Hall–Kier alpha value is 0.234. The van der Waals surface area contributed by atoms with Gasteiger partial charge in [-0.1, -0.05) is 25.6 Å². The van der Waals surface area contributed by atoms with Gasteiger partial charge in [0.2, 0.25) is 0 Å². The summed E-state index contributed by atoms with van der Waals surface area (Å²) in [5, 5.41) is 0. The SMILES string of the molecule is CN(C)CCOCCCCO[Si](C)(C)[Si](C)(C)CCCCOCCN(C)C. The number of rotatable bonds is 18. The minimum absolute atomic E-state index is 0.826. The van der Waals surface area contributed by atoms with Crippen LogP contribution in [0, 0.1) is 0 Å². The summed E-state index contributed by atoms with van der Waals surface area (Å²) >= 11 is 0. The molecule has 0 spiro atoms. The van der Waals surface area contributed by atoms with Crippen molar-refractivity contribution in [2.24, 2.45) is 0 Å². The summed E-state index contributed by atoms with van der Waals surface area (Å²) in [6.07, 6.45) is 4.67. The van der Waals surface area contributed by atoms with E-state index in [0.29, 0.717) is 0 Å². The fourth-order valence-electron chi connectivity index (χ4n) is 2.60. The third kappa shape index (κ3) is 14.8. The van der Waals surface area contributed by atoms with Crippen LogP contribution >= 0.6 is 0 Å². The molecule has 0 unspecified atom stereocenters. The van der Waals surface area contributed by atoms with Crippen LogP contribution < -0.4 is 0 Å². The molecule has 0 heterocycles. The number of nitrogens with zero attached hydrogens (tertiary/aromatic N) is 2. The van der Waals surface area contributed by atoms with Crippen molar-refractivity contribution in [1.82, 2.24) is 9.80 Å². The lowest BCUT2D eigenvalue weighted by Gasteiger charge is -2.38. The Labute approximate surface area is 171 Å². The second-order valence-corrected chi connectivity index (χ2v) is 24.5. The van der Waals surface area contributed by atoms with Crippen molar-refractivity contribution in [1.29, 1.82) is 0 Å². The van der Waals surface area contributed by atoms with Crippen LogP contribution in [0.1, 0.15) is 25.7 Å². The summed E-state index contributed by atoms with van der Waals surface area (Å²) in [5.74, 6) is 0. The normalized spacial score (nSPS) is 13.1. The van der Waals surface area contributed by atoms with Gasteiger partial charge in [0, 0.05) is 32.9 Å². The van der Waals surface area contributed by atoms with Crippen molar-refractivity contribution in [3.63, 3.8) is 0 Å². The number of hydrogen-bond acceptors (Lipinski definition) is 5. The number of likely N-dealkylation sites (N-methyl/N-ethyl adjacent to an activating group) is 2. The van der Waals surface area contributed by atoms with Gasteiger partial charge < -0.3 is 23.7 Å². The van der Waals surface area contributed by atoms with Crippen LogP contribution in [0.15, 0.2) is 0 Å². The molecule has 0 aromatic heterocycles.